The highest BCUT2D eigenvalue weighted by Gasteiger charge is 2.34. The molecular formula is C13H16BrNO2. The fourth-order valence-corrected chi connectivity index (χ4v) is 2.97. The van der Waals surface area contributed by atoms with Gasteiger partial charge in [0, 0.05) is 29.1 Å². The van der Waals surface area contributed by atoms with E-state index in [0.29, 0.717) is 0 Å². The quantitative estimate of drug-likeness (QED) is 0.867. The monoisotopic (exact) mass is 297 g/mol. The minimum atomic E-state index is 0.0565. The highest BCUT2D eigenvalue weighted by molar-refractivity contribution is 9.10. The molecule has 1 aromatic carbocycles. The second-order valence-corrected chi connectivity index (χ2v) is 5.65. The predicted molar refractivity (Wildman–Crippen MR) is 69.1 cm³/mol. The van der Waals surface area contributed by atoms with Crippen molar-refractivity contribution < 1.29 is 9.47 Å². The molecule has 0 amide bonds. The highest BCUT2D eigenvalue weighted by Crippen LogP contribution is 2.37. The molecule has 3 rings (SSSR count). The number of hydrogen-bond acceptors (Lipinski definition) is 3. The molecule has 3 nitrogen and oxygen atoms in total. The molecule has 2 N–H and O–H groups in total. The van der Waals surface area contributed by atoms with Gasteiger partial charge in [0.15, 0.2) is 0 Å². The summed E-state index contributed by atoms with van der Waals surface area (Å²) in [6.45, 7) is 0.852. The van der Waals surface area contributed by atoms with Crippen LogP contribution >= 0.6 is 15.9 Å². The van der Waals surface area contributed by atoms with E-state index in [2.05, 4.69) is 15.9 Å². The second kappa shape index (κ2) is 4.59. The summed E-state index contributed by atoms with van der Waals surface area (Å²) in [6, 6.07) is 6.10. The Morgan fingerprint density at radius 1 is 1.29 bits per heavy atom. The van der Waals surface area contributed by atoms with Crippen LogP contribution in [0.1, 0.15) is 30.9 Å². The van der Waals surface area contributed by atoms with E-state index < -0.39 is 0 Å². The lowest BCUT2D eigenvalue weighted by Gasteiger charge is -2.33. The molecule has 0 radical (unpaired) electrons. The third-order valence-electron chi connectivity index (χ3n) is 3.52. The molecule has 1 aromatic rings. The summed E-state index contributed by atoms with van der Waals surface area (Å²) in [7, 11) is 0. The van der Waals surface area contributed by atoms with E-state index in [1.165, 1.54) is 0 Å². The van der Waals surface area contributed by atoms with Crippen molar-refractivity contribution in [2.75, 3.05) is 6.61 Å². The maximum absolute atomic E-state index is 6.20. The molecule has 92 valence electrons. The first-order valence-electron chi connectivity index (χ1n) is 6.07. The van der Waals surface area contributed by atoms with Gasteiger partial charge in [-0.1, -0.05) is 22.0 Å². The van der Waals surface area contributed by atoms with Crippen molar-refractivity contribution in [3.63, 3.8) is 0 Å². The van der Waals surface area contributed by atoms with Crippen molar-refractivity contribution in [3.05, 3.63) is 28.2 Å². The second-order valence-electron chi connectivity index (χ2n) is 4.73. The van der Waals surface area contributed by atoms with Crippen molar-refractivity contribution in [1.82, 2.24) is 0 Å². The average molecular weight is 298 g/mol. The van der Waals surface area contributed by atoms with E-state index in [4.69, 9.17) is 15.2 Å². The van der Waals surface area contributed by atoms with Gasteiger partial charge < -0.3 is 15.2 Å². The zero-order chi connectivity index (χ0) is 11.8. The molecule has 0 aromatic heterocycles. The van der Waals surface area contributed by atoms with E-state index in [9.17, 15) is 0 Å². The fourth-order valence-electron chi connectivity index (χ4n) is 2.63. The standard InChI is InChI=1S/C13H16BrNO2/c14-8-3-4-9-10(15)7-13(17-12(9)6-8)11-2-1-5-16-11/h3-4,6,10-11,13H,1-2,5,7,15H2. The van der Waals surface area contributed by atoms with E-state index in [-0.39, 0.29) is 18.2 Å². The molecule has 3 atom stereocenters. The van der Waals surface area contributed by atoms with Crippen molar-refractivity contribution in [2.45, 2.75) is 37.5 Å². The van der Waals surface area contributed by atoms with Crippen LogP contribution in [0, 0.1) is 0 Å². The Bertz CT molecular complexity index is 418. The third-order valence-corrected chi connectivity index (χ3v) is 4.01. The summed E-state index contributed by atoms with van der Waals surface area (Å²) in [4.78, 5) is 0. The van der Waals surface area contributed by atoms with Crippen LogP contribution in [0.25, 0.3) is 0 Å². The van der Waals surface area contributed by atoms with Crippen LogP contribution in [0.5, 0.6) is 5.75 Å². The first-order valence-corrected chi connectivity index (χ1v) is 6.86. The van der Waals surface area contributed by atoms with Crippen LogP contribution in [-0.2, 0) is 4.74 Å². The lowest BCUT2D eigenvalue weighted by atomic mass is 9.94. The van der Waals surface area contributed by atoms with E-state index >= 15 is 0 Å². The molecule has 17 heavy (non-hydrogen) atoms. The SMILES string of the molecule is NC1CC(C2CCCO2)Oc2cc(Br)ccc21. The maximum atomic E-state index is 6.20. The minimum absolute atomic E-state index is 0.0565. The zero-order valence-corrected chi connectivity index (χ0v) is 11.2. The van der Waals surface area contributed by atoms with Gasteiger partial charge in [0.2, 0.25) is 0 Å². The maximum Gasteiger partial charge on any atom is 0.127 e. The Labute approximate surface area is 109 Å². The number of benzene rings is 1. The number of rotatable bonds is 1. The predicted octanol–water partition coefficient (Wildman–Crippen LogP) is 2.78. The normalized spacial score (nSPS) is 32.0. The molecule has 1 fully saturated rings. The molecule has 2 aliphatic rings. The van der Waals surface area contributed by atoms with Crippen LogP contribution < -0.4 is 10.5 Å². The van der Waals surface area contributed by atoms with Gasteiger partial charge in [0.05, 0.1) is 6.10 Å². The Hall–Kier alpha value is -0.580. The molecule has 0 bridgehead atoms. The Balaban J connectivity index is 1.85. The molecule has 3 unspecified atom stereocenters. The topological polar surface area (TPSA) is 44.5 Å². The number of hydrogen-bond donors (Lipinski definition) is 1. The Morgan fingerprint density at radius 3 is 2.94 bits per heavy atom. The lowest BCUT2D eigenvalue weighted by molar-refractivity contribution is -0.00198. The summed E-state index contributed by atoms with van der Waals surface area (Å²) >= 11 is 3.46. The number of ether oxygens (including phenoxy) is 2. The van der Waals surface area contributed by atoms with Crippen LogP contribution in [0.3, 0.4) is 0 Å². The summed E-state index contributed by atoms with van der Waals surface area (Å²) in [5.41, 5.74) is 7.30. The van der Waals surface area contributed by atoms with E-state index in [1.807, 2.05) is 18.2 Å². The van der Waals surface area contributed by atoms with Crippen LogP contribution in [0.15, 0.2) is 22.7 Å². The Morgan fingerprint density at radius 2 is 2.18 bits per heavy atom. The molecule has 4 heteroatoms. The average Bonchev–Trinajstić information content (AvgIpc) is 2.81. The van der Waals surface area contributed by atoms with Crippen LogP contribution in [0.4, 0.5) is 0 Å². The van der Waals surface area contributed by atoms with Crippen LogP contribution in [0.2, 0.25) is 0 Å². The van der Waals surface area contributed by atoms with Gasteiger partial charge in [-0.2, -0.15) is 0 Å². The van der Waals surface area contributed by atoms with Gasteiger partial charge in [0.25, 0.3) is 0 Å². The number of nitrogens with two attached hydrogens (primary N) is 1. The fraction of sp³-hybridized carbons (Fsp3) is 0.538. The smallest absolute Gasteiger partial charge is 0.127 e. The molecule has 2 heterocycles. The van der Waals surface area contributed by atoms with Gasteiger partial charge in [-0.25, -0.2) is 0 Å². The number of fused-ring (bicyclic) bond motifs is 1. The molecule has 0 saturated carbocycles. The zero-order valence-electron chi connectivity index (χ0n) is 9.56. The van der Waals surface area contributed by atoms with Gasteiger partial charge in [-0.3, -0.25) is 0 Å². The van der Waals surface area contributed by atoms with E-state index in [0.717, 1.165) is 41.7 Å². The first kappa shape index (κ1) is 11.5. The minimum Gasteiger partial charge on any atom is -0.487 e. The summed E-state index contributed by atoms with van der Waals surface area (Å²) in [5.74, 6) is 0.902. The van der Waals surface area contributed by atoms with Gasteiger partial charge >= 0.3 is 0 Å². The van der Waals surface area contributed by atoms with Crippen molar-refractivity contribution in [1.29, 1.82) is 0 Å². The van der Waals surface area contributed by atoms with E-state index in [1.54, 1.807) is 0 Å². The summed E-state index contributed by atoms with van der Waals surface area (Å²) in [6.07, 6.45) is 3.38. The van der Waals surface area contributed by atoms with Crippen LogP contribution in [-0.4, -0.2) is 18.8 Å². The van der Waals surface area contributed by atoms with Gasteiger partial charge in [-0.05, 0) is 25.0 Å². The van der Waals surface area contributed by atoms with Gasteiger partial charge in [0.1, 0.15) is 11.9 Å². The highest BCUT2D eigenvalue weighted by atomic mass is 79.9. The third kappa shape index (κ3) is 2.21. The van der Waals surface area contributed by atoms with Crippen molar-refractivity contribution in [2.24, 2.45) is 5.73 Å². The molecule has 0 aliphatic carbocycles. The molecule has 1 saturated heterocycles. The molecular weight excluding hydrogens is 282 g/mol. The largest absolute Gasteiger partial charge is 0.487 e. The van der Waals surface area contributed by atoms with Gasteiger partial charge in [-0.15, -0.1) is 0 Å². The van der Waals surface area contributed by atoms with Crippen molar-refractivity contribution in [3.8, 4) is 5.75 Å². The summed E-state index contributed by atoms with van der Waals surface area (Å²) < 4.78 is 12.8. The van der Waals surface area contributed by atoms with Crippen molar-refractivity contribution >= 4 is 15.9 Å². The summed E-state index contributed by atoms with van der Waals surface area (Å²) in [5, 5.41) is 0. The number of halogens is 1. The lowest BCUT2D eigenvalue weighted by Crippen LogP contribution is -2.38. The molecule has 0 spiro atoms. The Kier molecular flexibility index (Phi) is 3.11. The molecule has 2 aliphatic heterocycles. The first-order chi connectivity index (χ1) is 8.24.